The maximum atomic E-state index is 11.5. The molecule has 0 aromatic heterocycles. The number of benzene rings is 1. The van der Waals surface area contributed by atoms with Gasteiger partial charge in [-0.15, -0.1) is 0 Å². The van der Waals surface area contributed by atoms with Crippen molar-refractivity contribution in [2.75, 3.05) is 5.73 Å². The molecule has 3 nitrogen and oxygen atoms in total. The summed E-state index contributed by atoms with van der Waals surface area (Å²) in [7, 11) is 0. The molecule has 2 N–H and O–H groups in total. The summed E-state index contributed by atoms with van der Waals surface area (Å²) in [5.74, 6) is 0.638. The first-order valence-electron chi connectivity index (χ1n) is 7.64. The van der Waals surface area contributed by atoms with Crippen molar-refractivity contribution in [2.24, 2.45) is 11.3 Å². The highest BCUT2D eigenvalue weighted by molar-refractivity contribution is 5.75. The van der Waals surface area contributed by atoms with Crippen LogP contribution in [0.1, 0.15) is 61.0 Å². The van der Waals surface area contributed by atoms with Crippen molar-refractivity contribution in [3.8, 4) is 0 Å². The molecule has 0 amide bonds. The SMILES string of the molecule is CC.CC(C)(C)C(=O)OCc1ccc(N)cc1.CC(C)C. The van der Waals surface area contributed by atoms with E-state index in [0.717, 1.165) is 11.5 Å². The highest BCUT2D eigenvalue weighted by Crippen LogP contribution is 2.16. The Labute approximate surface area is 130 Å². The topological polar surface area (TPSA) is 52.3 Å². The van der Waals surface area contributed by atoms with Gasteiger partial charge in [0.25, 0.3) is 0 Å². The van der Waals surface area contributed by atoms with E-state index in [4.69, 9.17) is 10.5 Å². The summed E-state index contributed by atoms with van der Waals surface area (Å²) >= 11 is 0. The summed E-state index contributed by atoms with van der Waals surface area (Å²) in [6.45, 7) is 16.3. The lowest BCUT2D eigenvalue weighted by molar-refractivity contribution is -0.154. The van der Waals surface area contributed by atoms with E-state index in [9.17, 15) is 4.79 Å². The van der Waals surface area contributed by atoms with Crippen molar-refractivity contribution in [2.45, 2.75) is 62.0 Å². The molecule has 0 atom stereocenters. The number of carbonyl (C=O) groups is 1. The number of carbonyl (C=O) groups excluding carboxylic acids is 1. The Morgan fingerprint density at radius 3 is 1.81 bits per heavy atom. The van der Waals surface area contributed by atoms with E-state index in [0.29, 0.717) is 12.3 Å². The van der Waals surface area contributed by atoms with Crippen LogP contribution in [0.15, 0.2) is 24.3 Å². The normalized spacial score (nSPS) is 9.95. The van der Waals surface area contributed by atoms with Crippen molar-refractivity contribution >= 4 is 11.7 Å². The summed E-state index contributed by atoms with van der Waals surface area (Å²) < 4.78 is 5.15. The monoisotopic (exact) mass is 295 g/mol. The van der Waals surface area contributed by atoms with Crippen molar-refractivity contribution in [3.63, 3.8) is 0 Å². The quantitative estimate of drug-likeness (QED) is 0.614. The van der Waals surface area contributed by atoms with Gasteiger partial charge < -0.3 is 10.5 Å². The minimum atomic E-state index is -0.451. The number of rotatable bonds is 2. The van der Waals surface area contributed by atoms with Gasteiger partial charge in [0.2, 0.25) is 0 Å². The zero-order valence-electron chi connectivity index (χ0n) is 15.0. The van der Waals surface area contributed by atoms with Crippen LogP contribution in [0, 0.1) is 11.3 Å². The van der Waals surface area contributed by atoms with Crippen LogP contribution in [-0.2, 0) is 16.1 Å². The third kappa shape index (κ3) is 13.2. The second-order valence-electron chi connectivity index (χ2n) is 6.30. The van der Waals surface area contributed by atoms with Crippen molar-refractivity contribution in [1.29, 1.82) is 0 Å². The van der Waals surface area contributed by atoms with Gasteiger partial charge in [0.05, 0.1) is 5.41 Å². The van der Waals surface area contributed by atoms with E-state index >= 15 is 0 Å². The molecule has 1 aromatic rings. The largest absolute Gasteiger partial charge is 0.460 e. The highest BCUT2D eigenvalue weighted by Gasteiger charge is 2.22. The molecule has 0 heterocycles. The zero-order valence-corrected chi connectivity index (χ0v) is 15.0. The van der Waals surface area contributed by atoms with Gasteiger partial charge in [-0.3, -0.25) is 4.79 Å². The number of nitrogens with two attached hydrogens (primary N) is 1. The number of nitrogen functional groups attached to an aromatic ring is 1. The number of hydrogen-bond donors (Lipinski definition) is 1. The minimum absolute atomic E-state index is 0.195. The summed E-state index contributed by atoms with van der Waals surface area (Å²) in [5.41, 5.74) is 6.75. The zero-order chi connectivity index (χ0) is 17.1. The summed E-state index contributed by atoms with van der Waals surface area (Å²) in [6, 6.07) is 7.29. The summed E-state index contributed by atoms with van der Waals surface area (Å²) in [6.07, 6.45) is 0. The number of ether oxygens (including phenoxy) is 1. The van der Waals surface area contributed by atoms with E-state index in [-0.39, 0.29) is 5.97 Å². The van der Waals surface area contributed by atoms with Crippen LogP contribution in [0.25, 0.3) is 0 Å². The Morgan fingerprint density at radius 1 is 1.10 bits per heavy atom. The van der Waals surface area contributed by atoms with Crippen molar-refractivity contribution in [1.82, 2.24) is 0 Å². The van der Waals surface area contributed by atoms with Crippen LogP contribution in [0.2, 0.25) is 0 Å². The molecule has 0 saturated carbocycles. The maximum Gasteiger partial charge on any atom is 0.311 e. The first-order valence-corrected chi connectivity index (χ1v) is 7.64. The van der Waals surface area contributed by atoms with E-state index < -0.39 is 5.41 Å². The Bertz CT molecular complexity index is 372. The van der Waals surface area contributed by atoms with Gasteiger partial charge in [-0.1, -0.05) is 46.8 Å². The van der Waals surface area contributed by atoms with Gasteiger partial charge in [-0.25, -0.2) is 0 Å². The lowest BCUT2D eigenvalue weighted by Gasteiger charge is -2.16. The van der Waals surface area contributed by atoms with Crippen molar-refractivity contribution < 1.29 is 9.53 Å². The second-order valence-corrected chi connectivity index (χ2v) is 6.30. The van der Waals surface area contributed by atoms with Gasteiger partial charge in [-0.05, 0) is 44.4 Å². The molecule has 0 fully saturated rings. The lowest BCUT2D eigenvalue weighted by atomic mass is 9.97. The molecule has 21 heavy (non-hydrogen) atoms. The first-order chi connectivity index (χ1) is 9.62. The first kappa shape index (κ1) is 21.8. The van der Waals surface area contributed by atoms with Crippen LogP contribution < -0.4 is 5.73 Å². The molecular formula is C18H33NO2. The third-order valence-corrected chi connectivity index (χ3v) is 1.96. The average molecular weight is 295 g/mol. The number of hydrogen-bond acceptors (Lipinski definition) is 3. The predicted molar refractivity (Wildman–Crippen MR) is 92.0 cm³/mol. The average Bonchev–Trinajstić information content (AvgIpc) is 2.38. The van der Waals surface area contributed by atoms with Crippen LogP contribution >= 0.6 is 0 Å². The van der Waals surface area contributed by atoms with Gasteiger partial charge in [-0.2, -0.15) is 0 Å². The Balaban J connectivity index is 0. The summed E-state index contributed by atoms with van der Waals surface area (Å²) in [5, 5.41) is 0. The van der Waals surface area contributed by atoms with Gasteiger partial charge in [0.15, 0.2) is 0 Å². The van der Waals surface area contributed by atoms with E-state index in [1.165, 1.54) is 0 Å². The standard InChI is InChI=1S/C12H17NO2.C4H10.C2H6/c1-12(2,3)11(14)15-8-9-4-6-10(13)7-5-9;1-4(2)3;1-2/h4-7H,8,13H2,1-3H3;4H,1-3H3;1-2H3. The molecule has 1 aromatic carbocycles. The molecular weight excluding hydrogens is 262 g/mol. The molecule has 0 unspecified atom stereocenters. The van der Waals surface area contributed by atoms with E-state index in [2.05, 4.69) is 20.8 Å². The Hall–Kier alpha value is -1.51. The van der Waals surface area contributed by atoms with E-state index in [1.807, 2.05) is 46.8 Å². The second kappa shape index (κ2) is 11.2. The molecule has 1 rings (SSSR count). The highest BCUT2D eigenvalue weighted by atomic mass is 16.5. The molecule has 0 bridgehead atoms. The molecule has 0 aliphatic carbocycles. The Kier molecular flexibility index (Phi) is 11.6. The third-order valence-electron chi connectivity index (χ3n) is 1.96. The van der Waals surface area contributed by atoms with Crippen LogP contribution in [-0.4, -0.2) is 5.97 Å². The molecule has 0 aliphatic heterocycles. The molecule has 0 radical (unpaired) electrons. The van der Waals surface area contributed by atoms with Crippen LogP contribution in [0.5, 0.6) is 0 Å². The fourth-order valence-electron chi connectivity index (χ4n) is 0.979. The Morgan fingerprint density at radius 2 is 1.48 bits per heavy atom. The lowest BCUT2D eigenvalue weighted by Crippen LogP contribution is -2.22. The fourth-order valence-corrected chi connectivity index (χ4v) is 0.979. The van der Waals surface area contributed by atoms with Gasteiger partial charge >= 0.3 is 5.97 Å². The van der Waals surface area contributed by atoms with Gasteiger partial charge in [0, 0.05) is 5.69 Å². The molecule has 0 saturated heterocycles. The number of esters is 1. The molecule has 0 aliphatic rings. The molecule has 0 spiro atoms. The fraction of sp³-hybridized carbons (Fsp3) is 0.611. The summed E-state index contributed by atoms with van der Waals surface area (Å²) in [4.78, 5) is 11.5. The van der Waals surface area contributed by atoms with E-state index in [1.54, 1.807) is 12.1 Å². The number of anilines is 1. The minimum Gasteiger partial charge on any atom is -0.460 e. The predicted octanol–water partition coefficient (Wildman–Crippen LogP) is 5.05. The van der Waals surface area contributed by atoms with Crippen LogP contribution in [0.3, 0.4) is 0 Å². The molecule has 3 heteroatoms. The molecule has 122 valence electrons. The van der Waals surface area contributed by atoms with Gasteiger partial charge in [0.1, 0.15) is 6.61 Å². The maximum absolute atomic E-state index is 11.5. The van der Waals surface area contributed by atoms with Crippen LogP contribution in [0.4, 0.5) is 5.69 Å². The van der Waals surface area contributed by atoms with Crippen molar-refractivity contribution in [3.05, 3.63) is 29.8 Å². The smallest absolute Gasteiger partial charge is 0.311 e.